The molecule has 3 N–H and O–H groups in total. The summed E-state index contributed by atoms with van der Waals surface area (Å²) in [5.74, 6) is -0.0927. The van der Waals surface area contributed by atoms with E-state index in [9.17, 15) is 15.0 Å². The van der Waals surface area contributed by atoms with Crippen LogP contribution >= 0.6 is 0 Å². The molecular formula is C28H51NO3. The molecule has 0 aromatic carbocycles. The number of carbonyl (C=O) groups is 1. The van der Waals surface area contributed by atoms with Gasteiger partial charge in [-0.1, -0.05) is 102 Å². The largest absolute Gasteiger partial charge is 0.394 e. The molecule has 2 atom stereocenters. The SMILES string of the molecule is CCCCCC/C=C/CC/C=C/CC/C=C/C(O)C(CO)NC(=O)CCCCCCCC. The number of rotatable bonds is 22. The summed E-state index contributed by atoms with van der Waals surface area (Å²) >= 11 is 0. The lowest BCUT2D eigenvalue weighted by Crippen LogP contribution is -2.45. The third kappa shape index (κ3) is 20.5. The fourth-order valence-electron chi connectivity index (χ4n) is 3.50. The van der Waals surface area contributed by atoms with Crippen molar-refractivity contribution in [3.63, 3.8) is 0 Å². The molecule has 0 fully saturated rings. The highest BCUT2D eigenvalue weighted by molar-refractivity contribution is 5.76. The third-order valence-corrected chi connectivity index (χ3v) is 5.60. The van der Waals surface area contributed by atoms with E-state index in [1.54, 1.807) is 6.08 Å². The van der Waals surface area contributed by atoms with Crippen molar-refractivity contribution in [2.45, 2.75) is 129 Å². The first-order valence-corrected chi connectivity index (χ1v) is 13.2. The fourth-order valence-corrected chi connectivity index (χ4v) is 3.50. The van der Waals surface area contributed by atoms with Crippen LogP contribution in [0.2, 0.25) is 0 Å². The Morgan fingerprint density at radius 2 is 1.22 bits per heavy atom. The second-order valence-electron chi connectivity index (χ2n) is 8.74. The van der Waals surface area contributed by atoms with Gasteiger partial charge in [-0.3, -0.25) is 4.79 Å². The van der Waals surface area contributed by atoms with Crippen LogP contribution < -0.4 is 5.32 Å². The van der Waals surface area contributed by atoms with Gasteiger partial charge in [-0.2, -0.15) is 0 Å². The molecule has 0 aliphatic rings. The lowest BCUT2D eigenvalue weighted by molar-refractivity contribution is -0.123. The van der Waals surface area contributed by atoms with Crippen molar-refractivity contribution in [3.8, 4) is 0 Å². The second kappa shape index (κ2) is 24.3. The molecule has 0 aromatic rings. The van der Waals surface area contributed by atoms with Crippen LogP contribution in [-0.2, 0) is 4.79 Å². The molecule has 0 spiro atoms. The minimum absolute atomic E-state index is 0.0927. The van der Waals surface area contributed by atoms with Gasteiger partial charge in [0.05, 0.1) is 18.8 Å². The zero-order valence-electron chi connectivity index (χ0n) is 20.9. The number of nitrogens with one attached hydrogen (secondary N) is 1. The van der Waals surface area contributed by atoms with Gasteiger partial charge in [0, 0.05) is 6.42 Å². The smallest absolute Gasteiger partial charge is 0.220 e. The minimum atomic E-state index is -0.861. The molecule has 0 rings (SSSR count). The second-order valence-corrected chi connectivity index (χ2v) is 8.74. The molecule has 0 aliphatic carbocycles. The lowest BCUT2D eigenvalue weighted by Gasteiger charge is -2.19. The molecule has 0 radical (unpaired) electrons. The summed E-state index contributed by atoms with van der Waals surface area (Å²) in [6.45, 7) is 4.17. The molecule has 186 valence electrons. The topological polar surface area (TPSA) is 69.6 Å². The highest BCUT2D eigenvalue weighted by Gasteiger charge is 2.17. The van der Waals surface area contributed by atoms with Crippen LogP contribution in [0.15, 0.2) is 36.5 Å². The zero-order valence-corrected chi connectivity index (χ0v) is 20.9. The predicted octanol–water partition coefficient (Wildman–Crippen LogP) is 6.77. The number of hydrogen-bond acceptors (Lipinski definition) is 3. The Labute approximate surface area is 198 Å². The van der Waals surface area contributed by atoms with E-state index in [4.69, 9.17) is 0 Å². The Hall–Kier alpha value is -1.39. The molecule has 32 heavy (non-hydrogen) atoms. The number of aliphatic hydroxyl groups is 2. The van der Waals surface area contributed by atoms with Gasteiger partial charge in [-0.05, 0) is 44.9 Å². The minimum Gasteiger partial charge on any atom is -0.394 e. The predicted molar refractivity (Wildman–Crippen MR) is 138 cm³/mol. The monoisotopic (exact) mass is 449 g/mol. The van der Waals surface area contributed by atoms with E-state index in [2.05, 4.69) is 43.5 Å². The molecule has 2 unspecified atom stereocenters. The van der Waals surface area contributed by atoms with Crippen molar-refractivity contribution in [1.29, 1.82) is 0 Å². The molecule has 4 nitrogen and oxygen atoms in total. The van der Waals surface area contributed by atoms with Gasteiger partial charge in [0.1, 0.15) is 0 Å². The first-order valence-electron chi connectivity index (χ1n) is 13.2. The number of aliphatic hydroxyl groups excluding tert-OH is 2. The van der Waals surface area contributed by atoms with Crippen molar-refractivity contribution in [3.05, 3.63) is 36.5 Å². The number of unbranched alkanes of at least 4 members (excludes halogenated alkanes) is 11. The lowest BCUT2D eigenvalue weighted by atomic mass is 10.1. The number of carbonyl (C=O) groups excluding carboxylic acids is 1. The van der Waals surface area contributed by atoms with Crippen LogP contribution in [-0.4, -0.2) is 34.9 Å². The quantitative estimate of drug-likeness (QED) is 0.126. The summed E-state index contributed by atoms with van der Waals surface area (Å²) in [5, 5.41) is 22.5. The van der Waals surface area contributed by atoms with Crippen molar-refractivity contribution in [1.82, 2.24) is 5.32 Å². The molecule has 0 heterocycles. The van der Waals surface area contributed by atoms with E-state index in [1.165, 1.54) is 57.8 Å². The van der Waals surface area contributed by atoms with Crippen LogP contribution in [0.3, 0.4) is 0 Å². The van der Waals surface area contributed by atoms with Gasteiger partial charge in [0.15, 0.2) is 0 Å². The molecule has 1 amide bonds. The molecule has 0 bridgehead atoms. The van der Waals surface area contributed by atoms with Crippen molar-refractivity contribution in [2.24, 2.45) is 0 Å². The van der Waals surface area contributed by atoms with Crippen LogP contribution in [0.4, 0.5) is 0 Å². The maximum atomic E-state index is 12.0. The third-order valence-electron chi connectivity index (χ3n) is 5.60. The number of hydrogen-bond donors (Lipinski definition) is 3. The van der Waals surface area contributed by atoms with Gasteiger partial charge < -0.3 is 15.5 Å². The Kier molecular flexibility index (Phi) is 23.2. The Bertz CT molecular complexity index is 499. The van der Waals surface area contributed by atoms with Crippen LogP contribution in [0.5, 0.6) is 0 Å². The summed E-state index contributed by atoms with van der Waals surface area (Å²) in [4.78, 5) is 12.0. The van der Waals surface area contributed by atoms with E-state index in [0.717, 1.165) is 38.5 Å². The summed E-state index contributed by atoms with van der Waals surface area (Å²) in [6.07, 6.45) is 29.4. The maximum absolute atomic E-state index is 12.0. The summed E-state index contributed by atoms with van der Waals surface area (Å²) in [5.41, 5.74) is 0. The Morgan fingerprint density at radius 1 is 0.719 bits per heavy atom. The van der Waals surface area contributed by atoms with Gasteiger partial charge in [-0.15, -0.1) is 0 Å². The molecule has 0 aromatic heterocycles. The molecule has 0 aliphatic heterocycles. The van der Waals surface area contributed by atoms with E-state index in [0.29, 0.717) is 6.42 Å². The van der Waals surface area contributed by atoms with Crippen molar-refractivity contribution in [2.75, 3.05) is 6.61 Å². The van der Waals surface area contributed by atoms with Gasteiger partial charge in [0.2, 0.25) is 5.91 Å². The van der Waals surface area contributed by atoms with Crippen LogP contribution in [0, 0.1) is 0 Å². The van der Waals surface area contributed by atoms with E-state index in [-0.39, 0.29) is 12.5 Å². The van der Waals surface area contributed by atoms with Gasteiger partial charge >= 0.3 is 0 Å². The molecule has 0 saturated heterocycles. The molecule has 4 heteroatoms. The first-order chi connectivity index (χ1) is 15.7. The highest BCUT2D eigenvalue weighted by atomic mass is 16.3. The number of amides is 1. The Balaban J connectivity index is 3.84. The van der Waals surface area contributed by atoms with Crippen LogP contribution in [0.1, 0.15) is 117 Å². The van der Waals surface area contributed by atoms with Gasteiger partial charge in [-0.25, -0.2) is 0 Å². The first kappa shape index (κ1) is 30.6. The fraction of sp³-hybridized carbons (Fsp3) is 0.750. The van der Waals surface area contributed by atoms with Crippen molar-refractivity contribution >= 4 is 5.91 Å². The normalized spacial score (nSPS) is 14.0. The van der Waals surface area contributed by atoms with E-state index in [1.807, 2.05) is 6.08 Å². The standard InChI is InChI=1S/C28H51NO3/c1-3-5-7-9-11-12-13-14-15-16-17-18-19-21-23-27(31)26(25-30)29-28(32)24-22-20-10-8-6-4-2/h12-13,16-17,21,23,26-27,30-31H,3-11,14-15,18-20,22,24-25H2,1-2H3,(H,29,32)/b13-12+,17-16+,23-21+. The van der Waals surface area contributed by atoms with Gasteiger partial charge in [0.25, 0.3) is 0 Å². The summed E-state index contributed by atoms with van der Waals surface area (Å²) in [7, 11) is 0. The van der Waals surface area contributed by atoms with Crippen molar-refractivity contribution < 1.29 is 15.0 Å². The van der Waals surface area contributed by atoms with E-state index >= 15 is 0 Å². The molecule has 0 saturated carbocycles. The van der Waals surface area contributed by atoms with Crippen LogP contribution in [0.25, 0.3) is 0 Å². The summed E-state index contributed by atoms with van der Waals surface area (Å²) in [6, 6.07) is -0.636. The Morgan fingerprint density at radius 3 is 1.81 bits per heavy atom. The average Bonchev–Trinajstić information content (AvgIpc) is 2.79. The summed E-state index contributed by atoms with van der Waals surface area (Å²) < 4.78 is 0. The average molecular weight is 450 g/mol. The maximum Gasteiger partial charge on any atom is 0.220 e. The zero-order chi connectivity index (χ0) is 23.7. The molecular weight excluding hydrogens is 398 g/mol. The highest BCUT2D eigenvalue weighted by Crippen LogP contribution is 2.08. The van der Waals surface area contributed by atoms with E-state index < -0.39 is 12.1 Å². The number of allylic oxidation sites excluding steroid dienone is 5.